The Morgan fingerprint density at radius 1 is 1.04 bits per heavy atom. The zero-order valence-electron chi connectivity index (χ0n) is 16.4. The third-order valence-electron chi connectivity index (χ3n) is 4.38. The van der Waals surface area contributed by atoms with E-state index in [4.69, 9.17) is 13.9 Å². The van der Waals surface area contributed by atoms with Crippen LogP contribution in [0.25, 0.3) is 11.1 Å². The van der Waals surface area contributed by atoms with Gasteiger partial charge in [0.15, 0.2) is 0 Å². The van der Waals surface area contributed by atoms with Crippen molar-refractivity contribution < 1.29 is 18.7 Å². The van der Waals surface area contributed by atoms with E-state index in [1.54, 1.807) is 38.3 Å². The van der Waals surface area contributed by atoms with Crippen LogP contribution in [0.1, 0.15) is 29.1 Å². The van der Waals surface area contributed by atoms with E-state index < -0.39 is 0 Å². The first-order valence-corrected chi connectivity index (χ1v) is 8.94. The van der Waals surface area contributed by atoms with E-state index >= 15 is 0 Å². The second-order valence-electron chi connectivity index (χ2n) is 6.25. The Hall–Kier alpha value is -3.35. The molecule has 3 aromatic rings. The summed E-state index contributed by atoms with van der Waals surface area (Å²) in [5.41, 5.74) is 2.45. The largest absolute Gasteiger partial charge is 0.497 e. The Morgan fingerprint density at radius 3 is 2.36 bits per heavy atom. The number of methoxy groups -OCH3 is 2. The Bertz CT molecular complexity index is 951. The van der Waals surface area contributed by atoms with Crippen molar-refractivity contribution in [1.29, 1.82) is 0 Å². The number of aryl methyl sites for hydroxylation is 1. The molecule has 0 radical (unpaired) electrons. The number of hydrogen-bond acceptors (Lipinski definition) is 6. The Morgan fingerprint density at radius 2 is 1.75 bits per heavy atom. The normalized spacial score (nSPS) is 10.6. The maximum Gasteiger partial charge on any atom is 0.254 e. The molecule has 0 N–H and O–H groups in total. The molecule has 0 saturated carbocycles. The van der Waals surface area contributed by atoms with Crippen LogP contribution in [0.4, 0.5) is 0 Å². The van der Waals surface area contributed by atoms with E-state index in [-0.39, 0.29) is 12.5 Å². The maximum absolute atomic E-state index is 12.7. The predicted octanol–water partition coefficient (Wildman–Crippen LogP) is 3.59. The zero-order valence-corrected chi connectivity index (χ0v) is 16.4. The number of carbonyl (C=O) groups excluding carboxylic acids is 1. The first kappa shape index (κ1) is 19.4. The average Bonchev–Trinajstić information content (AvgIpc) is 3.20. The van der Waals surface area contributed by atoms with Gasteiger partial charge in [0.25, 0.3) is 5.91 Å². The number of rotatable bonds is 7. The lowest BCUT2D eigenvalue weighted by atomic mass is 10.0. The highest BCUT2D eigenvalue weighted by molar-refractivity contribution is 5.94. The van der Waals surface area contributed by atoms with Crippen molar-refractivity contribution in [3.8, 4) is 22.6 Å². The second kappa shape index (κ2) is 8.56. The molecule has 0 saturated heterocycles. The van der Waals surface area contributed by atoms with Crippen molar-refractivity contribution in [2.45, 2.75) is 19.9 Å². The fourth-order valence-electron chi connectivity index (χ4n) is 2.82. The number of nitrogens with zero attached hydrogens (tertiary/aromatic N) is 3. The van der Waals surface area contributed by atoms with E-state index in [1.807, 2.05) is 37.3 Å². The van der Waals surface area contributed by atoms with Gasteiger partial charge in [0.05, 0.1) is 20.8 Å². The minimum absolute atomic E-state index is 0.121. The fraction of sp³-hybridized carbons (Fsp3) is 0.286. The molecular formula is C21H23N3O4. The Kier molecular flexibility index (Phi) is 5.93. The average molecular weight is 381 g/mol. The fourth-order valence-corrected chi connectivity index (χ4v) is 2.82. The number of benzene rings is 2. The van der Waals surface area contributed by atoms with E-state index in [2.05, 4.69) is 10.2 Å². The van der Waals surface area contributed by atoms with Gasteiger partial charge in [-0.3, -0.25) is 4.79 Å². The summed E-state index contributed by atoms with van der Waals surface area (Å²) in [7, 11) is 4.94. The third-order valence-corrected chi connectivity index (χ3v) is 4.38. The number of ether oxygens (including phenoxy) is 2. The maximum atomic E-state index is 12.7. The monoisotopic (exact) mass is 381 g/mol. The van der Waals surface area contributed by atoms with Gasteiger partial charge < -0.3 is 18.8 Å². The van der Waals surface area contributed by atoms with Crippen LogP contribution in [0, 0.1) is 0 Å². The van der Waals surface area contributed by atoms with Gasteiger partial charge in [0.1, 0.15) is 11.5 Å². The molecule has 0 unspecified atom stereocenters. The van der Waals surface area contributed by atoms with E-state index in [0.717, 1.165) is 16.9 Å². The number of carbonyl (C=O) groups is 1. The lowest BCUT2D eigenvalue weighted by Gasteiger charge is -2.15. The first-order valence-electron chi connectivity index (χ1n) is 8.94. The Labute approximate surface area is 163 Å². The quantitative estimate of drug-likeness (QED) is 0.622. The van der Waals surface area contributed by atoms with Crippen molar-refractivity contribution in [1.82, 2.24) is 15.1 Å². The lowest BCUT2D eigenvalue weighted by molar-refractivity contribution is 0.0772. The van der Waals surface area contributed by atoms with Crippen molar-refractivity contribution in [3.63, 3.8) is 0 Å². The molecule has 1 aromatic heterocycles. The summed E-state index contributed by atoms with van der Waals surface area (Å²) < 4.78 is 16.2. The minimum atomic E-state index is -0.121. The summed E-state index contributed by atoms with van der Waals surface area (Å²) in [5.74, 6) is 2.30. The van der Waals surface area contributed by atoms with Crippen molar-refractivity contribution in [2.75, 3.05) is 21.3 Å². The van der Waals surface area contributed by atoms with Gasteiger partial charge in [0, 0.05) is 30.7 Å². The van der Waals surface area contributed by atoms with Gasteiger partial charge in [-0.2, -0.15) is 0 Å². The molecule has 0 fully saturated rings. The molecule has 7 nitrogen and oxygen atoms in total. The summed E-state index contributed by atoms with van der Waals surface area (Å²) >= 11 is 0. The van der Waals surface area contributed by atoms with Crippen LogP contribution in [0.15, 0.2) is 46.9 Å². The molecule has 2 aromatic carbocycles. The molecule has 0 bridgehead atoms. The second-order valence-corrected chi connectivity index (χ2v) is 6.25. The molecule has 28 heavy (non-hydrogen) atoms. The smallest absolute Gasteiger partial charge is 0.254 e. The molecule has 0 aliphatic heterocycles. The number of amides is 1. The molecule has 0 atom stereocenters. The van der Waals surface area contributed by atoms with Crippen LogP contribution in [0.2, 0.25) is 0 Å². The van der Waals surface area contributed by atoms with Gasteiger partial charge in [-0.1, -0.05) is 19.1 Å². The topological polar surface area (TPSA) is 77.7 Å². The van der Waals surface area contributed by atoms with Crippen molar-refractivity contribution >= 4 is 5.91 Å². The molecule has 3 rings (SSSR count). The highest BCUT2D eigenvalue weighted by atomic mass is 16.5. The summed E-state index contributed by atoms with van der Waals surface area (Å²) in [5, 5.41) is 7.87. The van der Waals surface area contributed by atoms with E-state index in [9.17, 15) is 4.79 Å². The van der Waals surface area contributed by atoms with Gasteiger partial charge in [-0.05, 0) is 29.8 Å². The third kappa shape index (κ3) is 4.14. The molecule has 0 aliphatic carbocycles. The molecule has 0 spiro atoms. The van der Waals surface area contributed by atoms with Gasteiger partial charge in [0.2, 0.25) is 11.8 Å². The van der Waals surface area contributed by atoms with Crippen LogP contribution in [-0.2, 0) is 13.0 Å². The molecule has 1 amide bonds. The SMILES string of the molecule is CCc1nnc(CN(C)C(=O)c2ccc(-c3ccc(OC)cc3OC)cc2)o1. The molecule has 146 valence electrons. The van der Waals surface area contributed by atoms with Gasteiger partial charge in [-0.15, -0.1) is 10.2 Å². The van der Waals surface area contributed by atoms with Gasteiger partial charge >= 0.3 is 0 Å². The predicted molar refractivity (Wildman–Crippen MR) is 104 cm³/mol. The van der Waals surface area contributed by atoms with Crippen LogP contribution in [0.3, 0.4) is 0 Å². The minimum Gasteiger partial charge on any atom is -0.497 e. The molecular weight excluding hydrogens is 358 g/mol. The summed E-state index contributed by atoms with van der Waals surface area (Å²) in [6.07, 6.45) is 0.668. The molecule has 7 heteroatoms. The highest BCUT2D eigenvalue weighted by Crippen LogP contribution is 2.33. The van der Waals surface area contributed by atoms with E-state index in [1.165, 1.54) is 0 Å². The molecule has 0 aliphatic rings. The lowest BCUT2D eigenvalue weighted by Crippen LogP contribution is -2.26. The van der Waals surface area contributed by atoms with Crippen molar-refractivity contribution in [3.05, 3.63) is 59.8 Å². The number of hydrogen-bond donors (Lipinski definition) is 0. The van der Waals surface area contributed by atoms with Crippen LogP contribution in [-0.4, -0.2) is 42.3 Å². The van der Waals surface area contributed by atoms with Crippen LogP contribution >= 0.6 is 0 Å². The summed E-state index contributed by atoms with van der Waals surface area (Å²) in [6, 6.07) is 13.0. The number of aromatic nitrogens is 2. The van der Waals surface area contributed by atoms with Crippen LogP contribution in [0.5, 0.6) is 11.5 Å². The standard InChI is InChI=1S/C21H23N3O4/c1-5-19-22-23-20(28-19)13-24(2)21(25)15-8-6-14(7-9-15)17-11-10-16(26-3)12-18(17)27-4/h6-12H,5,13H2,1-4H3. The van der Waals surface area contributed by atoms with Crippen LogP contribution < -0.4 is 9.47 Å². The van der Waals surface area contributed by atoms with E-state index in [0.29, 0.717) is 29.5 Å². The zero-order chi connectivity index (χ0) is 20.1. The Balaban J connectivity index is 1.75. The first-order chi connectivity index (χ1) is 13.5. The highest BCUT2D eigenvalue weighted by Gasteiger charge is 2.16. The summed E-state index contributed by atoms with van der Waals surface area (Å²) in [4.78, 5) is 14.2. The summed E-state index contributed by atoms with van der Waals surface area (Å²) in [6.45, 7) is 2.20. The van der Waals surface area contributed by atoms with Crippen molar-refractivity contribution in [2.24, 2.45) is 0 Å². The van der Waals surface area contributed by atoms with Gasteiger partial charge in [-0.25, -0.2) is 0 Å². The molecule has 1 heterocycles.